The van der Waals surface area contributed by atoms with E-state index in [1.807, 2.05) is 6.07 Å². The van der Waals surface area contributed by atoms with Gasteiger partial charge in [-0.2, -0.15) is 0 Å². The molecular weight excluding hydrogens is 258 g/mol. The molecule has 3 rings (SSSR count). The van der Waals surface area contributed by atoms with E-state index in [-0.39, 0.29) is 17.2 Å². The predicted octanol–water partition coefficient (Wildman–Crippen LogP) is 1.70. The first-order chi connectivity index (χ1) is 9.58. The van der Waals surface area contributed by atoms with Gasteiger partial charge in [0.1, 0.15) is 5.69 Å². The summed E-state index contributed by atoms with van der Waals surface area (Å²) >= 11 is 0. The van der Waals surface area contributed by atoms with Gasteiger partial charge in [-0.1, -0.05) is 30.3 Å². The second-order valence-corrected chi connectivity index (χ2v) is 4.43. The molecule has 2 heterocycles. The van der Waals surface area contributed by atoms with E-state index in [2.05, 4.69) is 9.97 Å². The van der Waals surface area contributed by atoms with E-state index in [9.17, 15) is 14.7 Å². The molecule has 20 heavy (non-hydrogen) atoms. The third kappa shape index (κ3) is 1.78. The second-order valence-electron chi connectivity index (χ2n) is 4.43. The summed E-state index contributed by atoms with van der Waals surface area (Å²) in [6, 6.07) is 10.3. The Hall–Kier alpha value is -2.89. The molecule has 100 valence electrons. The standard InChI is InChI=1S/C14H11N3O3/c1-8-7-10(18)17-12(13(19)20)11(16-14(17)15-8)9-5-3-2-4-6-9/h2-7H,1H3,(H,15,16)(H,19,20). The van der Waals surface area contributed by atoms with Crippen LogP contribution in [-0.4, -0.2) is 25.4 Å². The van der Waals surface area contributed by atoms with Gasteiger partial charge in [-0.25, -0.2) is 14.2 Å². The first-order valence-corrected chi connectivity index (χ1v) is 5.99. The number of aromatic nitrogens is 3. The van der Waals surface area contributed by atoms with Crippen LogP contribution in [0.2, 0.25) is 0 Å². The molecule has 0 aliphatic carbocycles. The summed E-state index contributed by atoms with van der Waals surface area (Å²) in [5.41, 5.74) is 1.01. The van der Waals surface area contributed by atoms with Crippen LogP contribution in [0.3, 0.4) is 0 Å². The molecule has 0 atom stereocenters. The van der Waals surface area contributed by atoms with Gasteiger partial charge in [-0.3, -0.25) is 4.79 Å². The predicted molar refractivity (Wildman–Crippen MR) is 72.9 cm³/mol. The lowest BCUT2D eigenvalue weighted by atomic mass is 10.1. The molecule has 0 unspecified atom stereocenters. The quantitative estimate of drug-likeness (QED) is 0.741. The van der Waals surface area contributed by atoms with Crippen LogP contribution >= 0.6 is 0 Å². The summed E-state index contributed by atoms with van der Waals surface area (Å²) in [6.45, 7) is 1.72. The Morgan fingerprint density at radius 2 is 2.00 bits per heavy atom. The van der Waals surface area contributed by atoms with Crippen molar-refractivity contribution in [1.29, 1.82) is 0 Å². The topological polar surface area (TPSA) is 87.5 Å². The van der Waals surface area contributed by atoms with Gasteiger partial charge in [0.2, 0.25) is 5.78 Å². The van der Waals surface area contributed by atoms with Crippen molar-refractivity contribution in [3.05, 3.63) is 58.1 Å². The van der Waals surface area contributed by atoms with Crippen molar-refractivity contribution in [2.75, 3.05) is 0 Å². The van der Waals surface area contributed by atoms with Gasteiger partial charge in [0.25, 0.3) is 5.56 Å². The minimum atomic E-state index is -1.19. The maximum atomic E-state index is 12.0. The van der Waals surface area contributed by atoms with Crippen molar-refractivity contribution >= 4 is 11.7 Å². The molecule has 0 radical (unpaired) electrons. The van der Waals surface area contributed by atoms with Crippen molar-refractivity contribution in [1.82, 2.24) is 14.4 Å². The van der Waals surface area contributed by atoms with Crippen LogP contribution in [0.5, 0.6) is 0 Å². The number of carbonyl (C=O) groups is 1. The number of aromatic carboxylic acids is 1. The first-order valence-electron chi connectivity index (χ1n) is 5.99. The molecule has 0 spiro atoms. The summed E-state index contributed by atoms with van der Waals surface area (Å²) in [6.07, 6.45) is 0. The number of hydrogen-bond acceptors (Lipinski definition) is 3. The molecule has 6 nitrogen and oxygen atoms in total. The fourth-order valence-electron chi connectivity index (χ4n) is 2.18. The fourth-order valence-corrected chi connectivity index (χ4v) is 2.18. The van der Waals surface area contributed by atoms with Crippen LogP contribution in [0.4, 0.5) is 0 Å². The van der Waals surface area contributed by atoms with Crippen LogP contribution in [0.15, 0.2) is 41.2 Å². The molecule has 2 aromatic heterocycles. The molecular formula is C14H11N3O3. The first kappa shape index (κ1) is 12.2. The third-order valence-electron chi connectivity index (χ3n) is 3.00. The minimum absolute atomic E-state index is 0.132. The number of nitrogens with one attached hydrogen (secondary N) is 1. The Balaban J connectivity index is 2.44. The average molecular weight is 269 g/mol. The number of fused-ring (bicyclic) bond motifs is 1. The number of nitrogens with zero attached hydrogens (tertiary/aromatic N) is 2. The Morgan fingerprint density at radius 1 is 1.30 bits per heavy atom. The zero-order valence-electron chi connectivity index (χ0n) is 10.6. The Kier molecular flexibility index (Phi) is 2.64. The molecule has 0 aliphatic heterocycles. The molecule has 0 amide bonds. The summed E-state index contributed by atoms with van der Waals surface area (Å²) in [5, 5.41) is 9.39. The number of rotatable bonds is 2. The highest BCUT2D eigenvalue weighted by atomic mass is 16.4. The highest BCUT2D eigenvalue weighted by Crippen LogP contribution is 2.22. The normalized spacial score (nSPS) is 10.8. The van der Waals surface area contributed by atoms with E-state index < -0.39 is 11.5 Å². The molecule has 6 heteroatoms. The molecule has 0 fully saturated rings. The van der Waals surface area contributed by atoms with Crippen LogP contribution in [0, 0.1) is 6.92 Å². The minimum Gasteiger partial charge on any atom is -0.476 e. The van der Waals surface area contributed by atoms with E-state index in [0.717, 1.165) is 4.40 Å². The molecule has 2 N–H and O–H groups in total. The van der Waals surface area contributed by atoms with Gasteiger partial charge >= 0.3 is 5.97 Å². The van der Waals surface area contributed by atoms with Crippen LogP contribution in [0.25, 0.3) is 17.0 Å². The molecule has 0 aliphatic rings. The molecule has 3 aromatic rings. The number of benzene rings is 1. The molecule has 0 saturated carbocycles. The summed E-state index contributed by atoms with van der Waals surface area (Å²) in [7, 11) is 0. The SMILES string of the molecule is Cc1cc(=O)n2c(C(=O)O)c(-c3ccccc3)nc2[nH]1. The largest absolute Gasteiger partial charge is 0.476 e. The van der Waals surface area contributed by atoms with Crippen molar-refractivity contribution in [3.8, 4) is 11.3 Å². The highest BCUT2D eigenvalue weighted by molar-refractivity contribution is 5.94. The third-order valence-corrected chi connectivity index (χ3v) is 3.00. The van der Waals surface area contributed by atoms with Gasteiger partial charge < -0.3 is 10.1 Å². The molecule has 1 aromatic carbocycles. The van der Waals surface area contributed by atoms with Gasteiger partial charge in [-0.15, -0.1) is 0 Å². The number of carboxylic acids is 1. The fraction of sp³-hybridized carbons (Fsp3) is 0.0714. The number of aromatic amines is 1. The van der Waals surface area contributed by atoms with Crippen molar-refractivity contribution in [2.45, 2.75) is 6.92 Å². The van der Waals surface area contributed by atoms with Gasteiger partial charge in [-0.05, 0) is 6.92 Å². The summed E-state index contributed by atoms with van der Waals surface area (Å²) < 4.78 is 1.08. The number of hydrogen-bond donors (Lipinski definition) is 2. The Morgan fingerprint density at radius 3 is 2.65 bits per heavy atom. The van der Waals surface area contributed by atoms with Crippen molar-refractivity contribution < 1.29 is 9.90 Å². The van der Waals surface area contributed by atoms with E-state index in [1.54, 1.807) is 31.2 Å². The monoisotopic (exact) mass is 269 g/mol. The Labute approximate surface area is 113 Å². The maximum absolute atomic E-state index is 12.0. The lowest BCUT2D eigenvalue weighted by Gasteiger charge is -1.99. The summed E-state index contributed by atoms with van der Waals surface area (Å²) in [4.78, 5) is 30.7. The van der Waals surface area contributed by atoms with E-state index in [4.69, 9.17) is 0 Å². The zero-order chi connectivity index (χ0) is 14.3. The molecule has 0 saturated heterocycles. The smallest absolute Gasteiger partial charge is 0.355 e. The lowest BCUT2D eigenvalue weighted by molar-refractivity contribution is 0.0690. The van der Waals surface area contributed by atoms with Crippen molar-refractivity contribution in [2.24, 2.45) is 0 Å². The summed E-state index contributed by atoms with van der Waals surface area (Å²) in [5.74, 6) is -0.961. The molecule has 0 bridgehead atoms. The van der Waals surface area contributed by atoms with Gasteiger partial charge in [0.15, 0.2) is 5.69 Å². The maximum Gasteiger partial charge on any atom is 0.355 e. The second kappa shape index (κ2) is 4.34. The zero-order valence-corrected chi connectivity index (χ0v) is 10.6. The number of carboxylic acid groups (broad SMARTS) is 1. The highest BCUT2D eigenvalue weighted by Gasteiger charge is 2.21. The Bertz CT molecular complexity index is 862. The average Bonchev–Trinajstić information content (AvgIpc) is 2.79. The van der Waals surface area contributed by atoms with Crippen LogP contribution < -0.4 is 5.56 Å². The number of imidazole rings is 1. The van der Waals surface area contributed by atoms with Crippen molar-refractivity contribution in [3.63, 3.8) is 0 Å². The van der Waals surface area contributed by atoms with Gasteiger partial charge in [0.05, 0.1) is 0 Å². The number of aryl methyl sites for hydroxylation is 1. The number of H-pyrrole nitrogens is 1. The van der Waals surface area contributed by atoms with E-state index in [0.29, 0.717) is 11.3 Å². The van der Waals surface area contributed by atoms with Crippen LogP contribution in [0.1, 0.15) is 16.2 Å². The van der Waals surface area contributed by atoms with E-state index >= 15 is 0 Å². The lowest BCUT2D eigenvalue weighted by Crippen LogP contribution is -2.18. The van der Waals surface area contributed by atoms with Crippen LogP contribution in [-0.2, 0) is 0 Å². The van der Waals surface area contributed by atoms with Gasteiger partial charge in [0, 0.05) is 17.3 Å². The van der Waals surface area contributed by atoms with E-state index in [1.165, 1.54) is 6.07 Å².